The van der Waals surface area contributed by atoms with Crippen molar-refractivity contribution in [3.63, 3.8) is 0 Å². The number of amides is 2. The summed E-state index contributed by atoms with van der Waals surface area (Å²) in [6, 6.07) is 6.69. The third kappa shape index (κ3) is 7.65. The summed E-state index contributed by atoms with van der Waals surface area (Å²) in [6.45, 7) is 9.89. The Balaban J connectivity index is 2.21. The topological polar surface area (TPSA) is 140 Å². The molecule has 2 amide bonds. The molecule has 0 heterocycles. The molecule has 0 bridgehead atoms. The number of benzene rings is 1. The van der Waals surface area contributed by atoms with Gasteiger partial charge in [-0.05, 0) is 47.1 Å². The first-order valence-electron chi connectivity index (χ1n) is 10.6. The molecule has 33 heavy (non-hydrogen) atoms. The number of carbonyl (C=O) groups excluding carboxylic acids is 3. The van der Waals surface area contributed by atoms with Crippen molar-refractivity contribution in [2.45, 2.75) is 71.4 Å². The molecule has 10 nitrogen and oxygen atoms in total. The van der Waals surface area contributed by atoms with Gasteiger partial charge in [0.05, 0.1) is 23.9 Å². The summed E-state index contributed by atoms with van der Waals surface area (Å²) in [4.78, 5) is 49.5. The smallest absolute Gasteiger partial charge is 0.407 e. The lowest BCUT2D eigenvalue weighted by Crippen LogP contribution is -2.73. The molecule has 1 aliphatic carbocycles. The van der Waals surface area contributed by atoms with Crippen molar-refractivity contribution < 1.29 is 38.5 Å². The maximum atomic E-state index is 12.8. The van der Waals surface area contributed by atoms with Crippen LogP contribution in [0.25, 0.3) is 0 Å². The third-order valence-corrected chi connectivity index (χ3v) is 4.70. The minimum atomic E-state index is -1.33. The van der Waals surface area contributed by atoms with E-state index >= 15 is 0 Å². The summed E-state index contributed by atoms with van der Waals surface area (Å²) in [5.74, 6) is -4.70. The number of rotatable bonds is 6. The molecule has 182 valence electrons. The number of nitrogens with one attached hydrogen (secondary N) is 2. The monoisotopic (exact) mass is 464 g/mol. The Kier molecular flexibility index (Phi) is 7.94. The number of aliphatic carboxylic acids is 1. The highest BCUT2D eigenvalue weighted by molar-refractivity contribution is 5.87. The van der Waals surface area contributed by atoms with E-state index in [1.165, 1.54) is 0 Å². The largest absolute Gasteiger partial charge is 0.481 e. The fourth-order valence-electron chi connectivity index (χ4n) is 3.42. The Morgan fingerprint density at radius 1 is 0.818 bits per heavy atom. The lowest BCUT2D eigenvalue weighted by atomic mass is 9.64. The van der Waals surface area contributed by atoms with E-state index in [0.717, 1.165) is 5.56 Å². The maximum absolute atomic E-state index is 12.8. The number of carbonyl (C=O) groups is 4. The minimum Gasteiger partial charge on any atom is -0.481 e. The van der Waals surface area contributed by atoms with Crippen LogP contribution in [0.2, 0.25) is 0 Å². The van der Waals surface area contributed by atoms with Gasteiger partial charge in [-0.15, -0.1) is 0 Å². The highest BCUT2D eigenvalue weighted by atomic mass is 16.6. The Morgan fingerprint density at radius 3 is 1.70 bits per heavy atom. The van der Waals surface area contributed by atoms with Crippen molar-refractivity contribution in [3.8, 4) is 0 Å². The van der Waals surface area contributed by atoms with Gasteiger partial charge in [-0.25, -0.2) is 9.59 Å². The van der Waals surface area contributed by atoms with Crippen LogP contribution in [0.1, 0.15) is 47.1 Å². The normalized spacial score (nSPS) is 22.4. The summed E-state index contributed by atoms with van der Waals surface area (Å²) >= 11 is 0. The number of carboxylic acids is 1. The molecule has 0 spiro atoms. The molecule has 0 radical (unpaired) electrons. The van der Waals surface area contributed by atoms with Crippen LogP contribution >= 0.6 is 0 Å². The van der Waals surface area contributed by atoms with Gasteiger partial charge < -0.3 is 30.0 Å². The highest BCUT2D eigenvalue weighted by Gasteiger charge is 2.60. The number of hydrogen-bond acceptors (Lipinski definition) is 7. The van der Waals surface area contributed by atoms with Crippen LogP contribution in [0, 0.1) is 11.8 Å². The maximum Gasteiger partial charge on any atom is 0.407 e. The van der Waals surface area contributed by atoms with Gasteiger partial charge in [0, 0.05) is 0 Å². The van der Waals surface area contributed by atoms with E-state index in [-0.39, 0.29) is 6.61 Å². The molecule has 1 aromatic carbocycles. The molecule has 4 unspecified atom stereocenters. The van der Waals surface area contributed by atoms with Crippen LogP contribution in [0.4, 0.5) is 9.59 Å². The predicted octanol–water partition coefficient (Wildman–Crippen LogP) is 2.85. The second-order valence-electron chi connectivity index (χ2n) is 9.83. The van der Waals surface area contributed by atoms with Crippen LogP contribution in [0.3, 0.4) is 0 Å². The van der Waals surface area contributed by atoms with E-state index in [1.807, 2.05) is 6.07 Å². The molecule has 0 aromatic heterocycles. The number of ether oxygens (including phenoxy) is 3. The summed E-state index contributed by atoms with van der Waals surface area (Å²) in [6.07, 6.45) is -1.72. The summed E-state index contributed by atoms with van der Waals surface area (Å²) in [7, 11) is 0. The molecule has 0 saturated heterocycles. The molecule has 1 saturated carbocycles. The van der Waals surface area contributed by atoms with Crippen molar-refractivity contribution in [3.05, 3.63) is 35.9 Å². The molecule has 3 N–H and O–H groups in total. The summed E-state index contributed by atoms with van der Waals surface area (Å²) in [5, 5.41) is 14.7. The van der Waals surface area contributed by atoms with Gasteiger partial charge in [-0.2, -0.15) is 0 Å². The SMILES string of the molecule is CC(C)(C)OC(=O)NC1C(NC(=O)OC(C)(C)C)C(C(=O)OCc2ccccc2)C1C(=O)O. The van der Waals surface area contributed by atoms with Crippen LogP contribution in [0.15, 0.2) is 30.3 Å². The van der Waals surface area contributed by atoms with Crippen LogP contribution in [-0.4, -0.2) is 52.5 Å². The standard InChI is InChI=1S/C23H32N2O8/c1-22(2,3)32-20(29)24-16-14(18(26)27)15(17(16)25-21(30)33-23(4,5)6)19(28)31-12-13-10-8-7-9-11-13/h7-11,14-17H,12H2,1-6H3,(H,24,29)(H,25,30)(H,26,27). The van der Waals surface area contributed by atoms with E-state index in [4.69, 9.17) is 14.2 Å². The van der Waals surface area contributed by atoms with Gasteiger partial charge >= 0.3 is 24.1 Å². The zero-order valence-corrected chi connectivity index (χ0v) is 19.7. The molecule has 1 fully saturated rings. The van der Waals surface area contributed by atoms with Gasteiger partial charge in [0.25, 0.3) is 0 Å². The first-order chi connectivity index (χ1) is 15.2. The summed E-state index contributed by atoms with van der Waals surface area (Å²) < 4.78 is 15.8. The number of hydrogen-bond donors (Lipinski definition) is 3. The van der Waals surface area contributed by atoms with Gasteiger partial charge in [-0.1, -0.05) is 30.3 Å². The lowest BCUT2D eigenvalue weighted by molar-refractivity contribution is -0.171. The lowest BCUT2D eigenvalue weighted by Gasteiger charge is -2.48. The highest BCUT2D eigenvalue weighted by Crippen LogP contribution is 2.37. The number of alkyl carbamates (subject to hydrolysis) is 2. The van der Waals surface area contributed by atoms with E-state index in [0.29, 0.717) is 0 Å². The summed E-state index contributed by atoms with van der Waals surface area (Å²) in [5.41, 5.74) is -0.927. The van der Waals surface area contributed by atoms with Crippen molar-refractivity contribution >= 4 is 24.1 Å². The van der Waals surface area contributed by atoms with E-state index in [9.17, 15) is 24.3 Å². The van der Waals surface area contributed by atoms with Crippen LogP contribution in [-0.2, 0) is 30.4 Å². The molecule has 1 aromatic rings. The Bertz CT molecular complexity index is 873. The van der Waals surface area contributed by atoms with Crippen molar-refractivity contribution in [2.24, 2.45) is 11.8 Å². The van der Waals surface area contributed by atoms with Crippen molar-refractivity contribution in [1.82, 2.24) is 10.6 Å². The van der Waals surface area contributed by atoms with Crippen LogP contribution < -0.4 is 10.6 Å². The van der Waals surface area contributed by atoms with E-state index < -0.39 is 59.2 Å². The van der Waals surface area contributed by atoms with Crippen molar-refractivity contribution in [1.29, 1.82) is 0 Å². The third-order valence-electron chi connectivity index (χ3n) is 4.70. The fourth-order valence-corrected chi connectivity index (χ4v) is 3.42. The average molecular weight is 465 g/mol. The first-order valence-corrected chi connectivity index (χ1v) is 10.6. The van der Waals surface area contributed by atoms with E-state index in [1.54, 1.807) is 65.8 Å². The van der Waals surface area contributed by atoms with Gasteiger partial charge in [0.2, 0.25) is 0 Å². The second kappa shape index (κ2) is 10.1. The second-order valence-corrected chi connectivity index (χ2v) is 9.83. The first kappa shape index (κ1) is 26.0. The zero-order valence-electron chi connectivity index (χ0n) is 19.7. The molecule has 4 atom stereocenters. The van der Waals surface area contributed by atoms with Gasteiger partial charge in [0.1, 0.15) is 17.8 Å². The number of carboxylic acid groups (broad SMARTS) is 1. The Hall–Kier alpha value is -3.30. The molecule has 2 rings (SSSR count). The molecular formula is C23H32N2O8. The van der Waals surface area contributed by atoms with Gasteiger partial charge in [-0.3, -0.25) is 9.59 Å². The molecule has 1 aliphatic rings. The fraction of sp³-hybridized carbons (Fsp3) is 0.565. The minimum absolute atomic E-state index is 0.0637. The predicted molar refractivity (Wildman–Crippen MR) is 117 cm³/mol. The zero-order chi connectivity index (χ0) is 25.0. The molecule has 0 aliphatic heterocycles. The average Bonchev–Trinajstić information content (AvgIpc) is 2.64. The van der Waals surface area contributed by atoms with E-state index in [2.05, 4.69) is 10.6 Å². The quantitative estimate of drug-likeness (QED) is 0.431. The van der Waals surface area contributed by atoms with Gasteiger partial charge in [0.15, 0.2) is 0 Å². The van der Waals surface area contributed by atoms with Crippen molar-refractivity contribution in [2.75, 3.05) is 0 Å². The van der Waals surface area contributed by atoms with Crippen LogP contribution in [0.5, 0.6) is 0 Å². The number of esters is 1. The Morgan fingerprint density at radius 2 is 1.27 bits per heavy atom. The molecule has 10 heteroatoms. The Labute approximate surface area is 193 Å². The molecular weight excluding hydrogens is 432 g/mol.